The van der Waals surface area contributed by atoms with Crippen LogP contribution in [0.3, 0.4) is 0 Å². The number of hydrogen-bond acceptors (Lipinski definition) is 5. The predicted octanol–water partition coefficient (Wildman–Crippen LogP) is 17.7. The van der Waals surface area contributed by atoms with Gasteiger partial charge in [0.25, 0.3) is 0 Å². The molecule has 0 bridgehead atoms. The molecule has 0 fully saturated rings. The molecule has 0 spiro atoms. The maximum Gasteiger partial charge on any atom is 0.306 e. The van der Waals surface area contributed by atoms with Crippen molar-refractivity contribution in [2.45, 2.75) is 277 Å². The molecule has 0 radical (unpaired) electrons. The summed E-state index contributed by atoms with van der Waals surface area (Å²) in [7, 11) is 0. The van der Waals surface area contributed by atoms with Crippen molar-refractivity contribution in [2.75, 3.05) is 6.61 Å². The van der Waals surface area contributed by atoms with E-state index in [9.17, 15) is 19.8 Å². The highest BCUT2D eigenvalue weighted by molar-refractivity contribution is 5.77. The van der Waals surface area contributed by atoms with Crippen LogP contribution in [0.5, 0.6) is 0 Å². The molecule has 0 aliphatic rings. The highest BCUT2D eigenvalue weighted by Crippen LogP contribution is 2.17. The van der Waals surface area contributed by atoms with Crippen molar-refractivity contribution in [1.82, 2.24) is 5.32 Å². The zero-order valence-corrected chi connectivity index (χ0v) is 44.5. The summed E-state index contributed by atoms with van der Waals surface area (Å²) in [6, 6.07) is -0.737. The van der Waals surface area contributed by atoms with Crippen LogP contribution in [0.2, 0.25) is 0 Å². The van der Waals surface area contributed by atoms with Gasteiger partial charge in [0, 0.05) is 6.42 Å². The molecule has 390 valence electrons. The Labute approximate surface area is 420 Å². The molecular weight excluding hydrogens is 839 g/mol. The lowest BCUT2D eigenvalue weighted by molar-refractivity contribution is -0.150. The van der Waals surface area contributed by atoms with Crippen molar-refractivity contribution in [2.24, 2.45) is 0 Å². The van der Waals surface area contributed by atoms with Gasteiger partial charge in [-0.05, 0) is 83.5 Å². The molecule has 0 aliphatic heterocycles. The van der Waals surface area contributed by atoms with Crippen LogP contribution in [0.4, 0.5) is 0 Å². The third-order valence-electron chi connectivity index (χ3n) is 12.4. The molecule has 3 unspecified atom stereocenters. The number of rotatable bonds is 50. The summed E-state index contributed by atoms with van der Waals surface area (Å²) in [5, 5.41) is 23.8. The van der Waals surface area contributed by atoms with Crippen LogP contribution in [0.25, 0.3) is 0 Å². The largest absolute Gasteiger partial charge is 0.462 e. The van der Waals surface area contributed by atoms with Gasteiger partial charge < -0.3 is 20.3 Å². The summed E-state index contributed by atoms with van der Waals surface area (Å²) >= 11 is 0. The van der Waals surface area contributed by atoms with Crippen LogP contribution in [-0.4, -0.2) is 46.9 Å². The van der Waals surface area contributed by atoms with Gasteiger partial charge in [0.15, 0.2) is 0 Å². The quantitative estimate of drug-likeness (QED) is 0.0244. The van der Waals surface area contributed by atoms with Gasteiger partial charge in [0.05, 0.1) is 25.2 Å². The van der Waals surface area contributed by atoms with Gasteiger partial charge in [0.1, 0.15) is 6.10 Å². The molecule has 3 N–H and O–H groups in total. The maximum atomic E-state index is 13.2. The van der Waals surface area contributed by atoms with Crippen molar-refractivity contribution in [1.29, 1.82) is 0 Å². The van der Waals surface area contributed by atoms with E-state index >= 15 is 0 Å². The lowest BCUT2D eigenvalue weighted by Crippen LogP contribution is -2.46. The number of allylic oxidation sites excluding steroid dienone is 16. The average Bonchev–Trinajstić information content (AvgIpc) is 3.33. The molecule has 6 nitrogen and oxygen atoms in total. The van der Waals surface area contributed by atoms with Crippen molar-refractivity contribution >= 4 is 11.9 Å². The first-order chi connectivity index (χ1) is 33.5. The lowest BCUT2D eigenvalue weighted by atomic mass is 10.0. The van der Waals surface area contributed by atoms with Crippen LogP contribution in [0.1, 0.15) is 258 Å². The Morgan fingerprint density at radius 2 is 0.853 bits per heavy atom. The summed E-state index contributed by atoms with van der Waals surface area (Å²) in [5.41, 5.74) is 0. The van der Waals surface area contributed by atoms with E-state index in [1.54, 1.807) is 0 Å². The molecule has 0 saturated carbocycles. The van der Waals surface area contributed by atoms with E-state index in [0.29, 0.717) is 19.3 Å². The van der Waals surface area contributed by atoms with Gasteiger partial charge in [0.2, 0.25) is 5.91 Å². The first kappa shape index (κ1) is 64.8. The minimum Gasteiger partial charge on any atom is -0.462 e. The maximum absolute atomic E-state index is 13.2. The van der Waals surface area contributed by atoms with Gasteiger partial charge in [-0.1, -0.05) is 259 Å². The summed E-state index contributed by atoms with van der Waals surface area (Å²) in [4.78, 5) is 26.2. The fourth-order valence-electron chi connectivity index (χ4n) is 8.16. The molecule has 3 atom stereocenters. The van der Waals surface area contributed by atoms with Crippen LogP contribution >= 0.6 is 0 Å². The van der Waals surface area contributed by atoms with Gasteiger partial charge >= 0.3 is 5.97 Å². The van der Waals surface area contributed by atoms with E-state index in [2.05, 4.69) is 117 Å². The van der Waals surface area contributed by atoms with Crippen molar-refractivity contribution < 1.29 is 24.5 Å². The minimum absolute atomic E-state index is 0.00990. The summed E-state index contributed by atoms with van der Waals surface area (Å²) in [5.74, 6) is -0.623. The molecule has 0 aromatic heterocycles. The van der Waals surface area contributed by atoms with Crippen LogP contribution < -0.4 is 5.32 Å². The molecule has 68 heavy (non-hydrogen) atoms. The van der Waals surface area contributed by atoms with E-state index in [-0.39, 0.29) is 31.3 Å². The van der Waals surface area contributed by atoms with E-state index in [1.165, 1.54) is 128 Å². The third kappa shape index (κ3) is 49.2. The Morgan fingerprint density at radius 1 is 0.456 bits per heavy atom. The summed E-state index contributed by atoms with van der Waals surface area (Å²) in [6.45, 7) is 6.35. The number of carbonyl (C=O) groups excluding carboxylic acids is 2. The second-order valence-corrected chi connectivity index (χ2v) is 19.0. The van der Waals surface area contributed by atoms with Crippen LogP contribution in [0, 0.1) is 0 Å². The van der Waals surface area contributed by atoms with Gasteiger partial charge in [-0.2, -0.15) is 0 Å². The number of amides is 1. The molecule has 0 heterocycles. The number of hydrogen-bond donors (Lipinski definition) is 3. The topological polar surface area (TPSA) is 95.9 Å². The number of nitrogens with one attached hydrogen (secondary N) is 1. The summed E-state index contributed by atoms with van der Waals surface area (Å²) in [6.07, 6.45) is 73.4. The smallest absolute Gasteiger partial charge is 0.306 e. The van der Waals surface area contributed by atoms with E-state index in [0.717, 1.165) is 77.0 Å². The Kier molecular flexibility index (Phi) is 52.1. The number of aliphatic hydroxyl groups excluding tert-OH is 2. The lowest BCUT2D eigenvalue weighted by Gasteiger charge is -2.24. The zero-order valence-electron chi connectivity index (χ0n) is 44.5. The fourth-order valence-corrected chi connectivity index (χ4v) is 8.16. The number of carbonyl (C=O) groups is 2. The molecule has 0 rings (SSSR count). The number of aliphatic hydroxyl groups is 2. The molecule has 0 saturated heterocycles. The van der Waals surface area contributed by atoms with Crippen molar-refractivity contribution in [3.05, 3.63) is 97.2 Å². The first-order valence-corrected chi connectivity index (χ1v) is 28.5. The van der Waals surface area contributed by atoms with Crippen LogP contribution in [0.15, 0.2) is 97.2 Å². The predicted molar refractivity (Wildman–Crippen MR) is 296 cm³/mol. The van der Waals surface area contributed by atoms with Gasteiger partial charge in [-0.25, -0.2) is 0 Å². The van der Waals surface area contributed by atoms with E-state index < -0.39 is 18.2 Å². The first-order valence-electron chi connectivity index (χ1n) is 28.5. The second-order valence-electron chi connectivity index (χ2n) is 19.0. The third-order valence-corrected chi connectivity index (χ3v) is 12.4. The van der Waals surface area contributed by atoms with Crippen LogP contribution in [-0.2, 0) is 14.3 Å². The Hall–Kier alpha value is -3.22. The van der Waals surface area contributed by atoms with E-state index in [1.807, 2.05) is 6.08 Å². The number of unbranched alkanes of at least 4 members (excludes halogenated alkanes) is 23. The minimum atomic E-state index is -0.818. The van der Waals surface area contributed by atoms with Crippen molar-refractivity contribution in [3.8, 4) is 0 Å². The average molecular weight is 947 g/mol. The second kappa shape index (κ2) is 54.7. The molecule has 6 heteroatoms. The van der Waals surface area contributed by atoms with Crippen molar-refractivity contribution in [3.63, 3.8) is 0 Å². The van der Waals surface area contributed by atoms with E-state index in [4.69, 9.17) is 4.74 Å². The molecule has 0 aromatic carbocycles. The Bertz CT molecular complexity index is 1340. The SMILES string of the molecule is CC/C=C\C/C=C\C/C=C\C/C=C\C/C=C\C/C=C\CCC(=O)OC(CCC/C=C/C=C/CCCCCCCCC)CC(=O)NC(CO)C(O)CCCCCCCCCCCCCCCCCC. The van der Waals surface area contributed by atoms with Gasteiger partial charge in [-0.3, -0.25) is 9.59 Å². The highest BCUT2D eigenvalue weighted by Gasteiger charge is 2.24. The highest BCUT2D eigenvalue weighted by atomic mass is 16.5. The van der Waals surface area contributed by atoms with Gasteiger partial charge in [-0.15, -0.1) is 0 Å². The monoisotopic (exact) mass is 946 g/mol. The standard InChI is InChI=1S/C62H107NO5/c1-4-7-10-13-16-19-22-25-28-30-31-32-34-37-40-43-46-49-52-55-62(67)68-58(53-50-47-44-41-38-35-27-24-21-18-15-12-9-6-3)56-61(66)63-59(57-64)60(65)54-51-48-45-42-39-36-33-29-26-23-20-17-14-11-8-5-2/h7,10,16,19,25,28,31-32,35,37-38,40-41,44,46,49,58-60,64-65H,4-6,8-9,11-15,17-18,20-24,26-27,29-30,33-34,36,39,42-43,45,47-48,50-57H2,1-3H3,(H,63,66)/b10-7-,19-16-,28-25-,32-31-,38-35+,40-37-,44-41+,49-46-. The number of ether oxygens (including phenoxy) is 1. The molecular formula is C62H107NO5. The fraction of sp³-hybridized carbons (Fsp3) is 0.710. The normalized spacial score (nSPS) is 13.9. The molecule has 0 aromatic rings. The molecule has 0 aliphatic carbocycles. The Balaban J connectivity index is 4.72. The Morgan fingerprint density at radius 3 is 1.29 bits per heavy atom. The zero-order chi connectivity index (χ0) is 49.5. The summed E-state index contributed by atoms with van der Waals surface area (Å²) < 4.78 is 5.88. The number of esters is 1. The molecule has 1 amide bonds.